The van der Waals surface area contributed by atoms with Crippen LogP contribution in [0.15, 0.2) is 21.3 Å². The number of likely N-dealkylation sites (tertiary alicyclic amines) is 1. The summed E-state index contributed by atoms with van der Waals surface area (Å²) in [5.41, 5.74) is 0.987. The molecule has 1 fully saturated rings. The maximum absolute atomic E-state index is 10.9. The molecule has 24 heavy (non-hydrogen) atoms. The molecule has 0 bridgehead atoms. The van der Waals surface area contributed by atoms with E-state index in [1.165, 1.54) is 0 Å². The molecule has 2 aromatic rings. The number of aromatic nitrogens is 2. The van der Waals surface area contributed by atoms with Gasteiger partial charge in [-0.25, -0.2) is 0 Å². The normalized spacial score (nSPS) is 19.5. The van der Waals surface area contributed by atoms with Crippen LogP contribution in [0.25, 0.3) is 11.4 Å². The van der Waals surface area contributed by atoms with Crippen LogP contribution >= 0.6 is 11.3 Å². The second-order valence-electron chi connectivity index (χ2n) is 6.19. The Morgan fingerprint density at radius 1 is 1.50 bits per heavy atom. The maximum Gasteiger partial charge on any atom is 0.317 e. The molecule has 1 N–H and O–H groups in total. The SMILES string of the molecule is CN(CC(=O)O)C1CCCN(Cc2nc(-c3ccsc3)no2)CC1. The highest BCUT2D eigenvalue weighted by molar-refractivity contribution is 7.08. The van der Waals surface area contributed by atoms with E-state index in [2.05, 4.69) is 15.0 Å². The summed E-state index contributed by atoms with van der Waals surface area (Å²) in [7, 11) is 1.89. The molecule has 0 spiro atoms. The Morgan fingerprint density at radius 3 is 3.12 bits per heavy atom. The molecule has 3 heterocycles. The smallest absolute Gasteiger partial charge is 0.317 e. The fraction of sp³-hybridized carbons (Fsp3) is 0.562. The Labute approximate surface area is 144 Å². The van der Waals surface area contributed by atoms with Gasteiger partial charge in [-0.05, 0) is 44.3 Å². The minimum Gasteiger partial charge on any atom is -0.480 e. The van der Waals surface area contributed by atoms with Crippen LogP contribution in [-0.4, -0.2) is 63.7 Å². The summed E-state index contributed by atoms with van der Waals surface area (Å²) in [6.45, 7) is 2.61. The Hall–Kier alpha value is -1.77. The summed E-state index contributed by atoms with van der Waals surface area (Å²) >= 11 is 1.61. The summed E-state index contributed by atoms with van der Waals surface area (Å²) in [4.78, 5) is 19.6. The van der Waals surface area contributed by atoms with E-state index in [9.17, 15) is 4.79 Å². The second kappa shape index (κ2) is 7.87. The van der Waals surface area contributed by atoms with E-state index < -0.39 is 5.97 Å². The van der Waals surface area contributed by atoms with Gasteiger partial charge in [0.25, 0.3) is 0 Å². The fourth-order valence-corrected chi connectivity index (χ4v) is 3.73. The third kappa shape index (κ3) is 4.40. The third-order valence-corrected chi connectivity index (χ3v) is 5.09. The average Bonchev–Trinajstić information content (AvgIpc) is 3.15. The summed E-state index contributed by atoms with van der Waals surface area (Å²) in [6.07, 6.45) is 3.01. The van der Waals surface area contributed by atoms with Crippen LogP contribution in [0.4, 0.5) is 0 Å². The first-order valence-electron chi connectivity index (χ1n) is 8.11. The molecule has 8 heteroatoms. The van der Waals surface area contributed by atoms with Gasteiger partial charge in [-0.2, -0.15) is 16.3 Å². The van der Waals surface area contributed by atoms with Gasteiger partial charge in [0.05, 0.1) is 13.1 Å². The van der Waals surface area contributed by atoms with Crippen molar-refractivity contribution in [1.82, 2.24) is 19.9 Å². The van der Waals surface area contributed by atoms with Gasteiger partial charge in [-0.15, -0.1) is 0 Å². The van der Waals surface area contributed by atoms with Crippen LogP contribution in [0.3, 0.4) is 0 Å². The van der Waals surface area contributed by atoms with E-state index in [-0.39, 0.29) is 6.54 Å². The lowest BCUT2D eigenvalue weighted by atomic mass is 10.1. The monoisotopic (exact) mass is 350 g/mol. The van der Waals surface area contributed by atoms with E-state index in [0.717, 1.165) is 37.9 Å². The molecule has 1 unspecified atom stereocenters. The van der Waals surface area contributed by atoms with Gasteiger partial charge < -0.3 is 9.63 Å². The number of hydrogen-bond donors (Lipinski definition) is 1. The van der Waals surface area contributed by atoms with E-state index in [4.69, 9.17) is 9.63 Å². The Balaban J connectivity index is 1.54. The summed E-state index contributed by atoms with van der Waals surface area (Å²) in [5.74, 6) is 0.499. The first-order chi connectivity index (χ1) is 11.6. The highest BCUT2D eigenvalue weighted by atomic mass is 32.1. The molecule has 0 aromatic carbocycles. The largest absolute Gasteiger partial charge is 0.480 e. The topological polar surface area (TPSA) is 82.7 Å². The zero-order valence-corrected chi connectivity index (χ0v) is 14.5. The molecule has 1 aliphatic heterocycles. The van der Waals surface area contributed by atoms with Crippen LogP contribution in [0, 0.1) is 0 Å². The van der Waals surface area contributed by atoms with E-state index >= 15 is 0 Å². The third-order valence-electron chi connectivity index (χ3n) is 4.40. The first kappa shape index (κ1) is 17.1. The highest BCUT2D eigenvalue weighted by Crippen LogP contribution is 2.20. The molecule has 3 rings (SSSR count). The summed E-state index contributed by atoms with van der Waals surface area (Å²) < 4.78 is 5.37. The van der Waals surface area contributed by atoms with Gasteiger partial charge in [0.15, 0.2) is 0 Å². The van der Waals surface area contributed by atoms with Crippen LogP contribution in [0.1, 0.15) is 25.2 Å². The lowest BCUT2D eigenvalue weighted by Crippen LogP contribution is -2.36. The Kier molecular flexibility index (Phi) is 5.60. The predicted octanol–water partition coefficient (Wildman–Crippen LogP) is 2.17. The number of rotatable bonds is 6. The number of carboxylic acid groups (broad SMARTS) is 1. The number of thiophene rings is 1. The van der Waals surface area contributed by atoms with Crippen molar-refractivity contribution >= 4 is 17.3 Å². The van der Waals surface area contributed by atoms with Crippen molar-refractivity contribution in [2.45, 2.75) is 31.8 Å². The van der Waals surface area contributed by atoms with Gasteiger partial charge >= 0.3 is 5.97 Å². The Bertz CT molecular complexity index is 658. The van der Waals surface area contributed by atoms with E-state index in [1.807, 2.05) is 28.8 Å². The molecule has 2 aromatic heterocycles. The number of likely N-dealkylation sites (N-methyl/N-ethyl adjacent to an activating group) is 1. The number of carboxylic acids is 1. The van der Waals surface area contributed by atoms with Crippen molar-refractivity contribution in [3.8, 4) is 11.4 Å². The van der Waals surface area contributed by atoms with Crippen LogP contribution in [-0.2, 0) is 11.3 Å². The molecule has 0 saturated carbocycles. The molecule has 0 aliphatic carbocycles. The zero-order chi connectivity index (χ0) is 16.9. The van der Waals surface area contributed by atoms with Gasteiger partial charge in [-0.1, -0.05) is 5.16 Å². The fourth-order valence-electron chi connectivity index (χ4n) is 3.10. The summed E-state index contributed by atoms with van der Waals surface area (Å²) in [5, 5.41) is 17.0. The lowest BCUT2D eigenvalue weighted by molar-refractivity contribution is -0.138. The van der Waals surface area contributed by atoms with Crippen molar-refractivity contribution in [1.29, 1.82) is 0 Å². The number of nitrogens with zero attached hydrogens (tertiary/aromatic N) is 4. The lowest BCUT2D eigenvalue weighted by Gasteiger charge is -2.25. The first-order valence-corrected chi connectivity index (χ1v) is 9.05. The van der Waals surface area contributed by atoms with Crippen molar-refractivity contribution in [3.63, 3.8) is 0 Å². The predicted molar refractivity (Wildman–Crippen MR) is 90.8 cm³/mol. The minimum atomic E-state index is -0.773. The molecule has 0 radical (unpaired) electrons. The quantitative estimate of drug-likeness (QED) is 0.855. The number of aliphatic carboxylic acids is 1. The number of hydrogen-bond acceptors (Lipinski definition) is 7. The average molecular weight is 350 g/mol. The second-order valence-corrected chi connectivity index (χ2v) is 6.97. The molecule has 130 valence electrons. The number of carbonyl (C=O) groups is 1. The molecule has 7 nitrogen and oxygen atoms in total. The standard InChI is InChI=1S/C16H22N4O3S/c1-19(10-15(21)22)13-3-2-6-20(7-4-13)9-14-17-16(18-23-14)12-5-8-24-11-12/h5,8,11,13H,2-4,6-7,9-10H2,1H3,(H,21,22). The van der Waals surface area contributed by atoms with Gasteiger partial charge in [0, 0.05) is 23.5 Å². The van der Waals surface area contributed by atoms with Crippen LogP contribution in [0.5, 0.6) is 0 Å². The molecule has 1 aliphatic rings. The van der Waals surface area contributed by atoms with Gasteiger partial charge in [-0.3, -0.25) is 14.6 Å². The highest BCUT2D eigenvalue weighted by Gasteiger charge is 2.22. The van der Waals surface area contributed by atoms with E-state index in [1.54, 1.807) is 11.3 Å². The van der Waals surface area contributed by atoms with Crippen molar-refractivity contribution in [2.75, 3.05) is 26.7 Å². The minimum absolute atomic E-state index is 0.0956. The van der Waals surface area contributed by atoms with Crippen LogP contribution < -0.4 is 0 Å². The van der Waals surface area contributed by atoms with Crippen molar-refractivity contribution in [3.05, 3.63) is 22.7 Å². The van der Waals surface area contributed by atoms with Crippen molar-refractivity contribution < 1.29 is 14.4 Å². The summed E-state index contributed by atoms with van der Waals surface area (Å²) in [6, 6.07) is 2.30. The van der Waals surface area contributed by atoms with Crippen molar-refractivity contribution in [2.24, 2.45) is 0 Å². The zero-order valence-electron chi connectivity index (χ0n) is 13.7. The molecule has 1 saturated heterocycles. The molecule has 0 amide bonds. The van der Waals surface area contributed by atoms with Crippen LogP contribution in [0.2, 0.25) is 0 Å². The Morgan fingerprint density at radius 2 is 2.38 bits per heavy atom. The molecular formula is C16H22N4O3S. The van der Waals surface area contributed by atoms with Gasteiger partial charge in [0.1, 0.15) is 0 Å². The van der Waals surface area contributed by atoms with Gasteiger partial charge in [0.2, 0.25) is 11.7 Å². The van der Waals surface area contributed by atoms with E-state index in [0.29, 0.717) is 24.3 Å². The molecule has 1 atom stereocenters. The molecular weight excluding hydrogens is 328 g/mol. The maximum atomic E-state index is 10.9.